The Morgan fingerprint density at radius 2 is 1.30 bits per heavy atom. The molecule has 0 aromatic heterocycles. The molecule has 0 aliphatic carbocycles. The Bertz CT molecular complexity index is 1260. The Morgan fingerprint density at radius 1 is 0.667 bits per heavy atom. The summed E-state index contributed by atoms with van der Waals surface area (Å²) < 4.78 is 28.9. The van der Waals surface area contributed by atoms with Crippen LogP contribution in [0.2, 0.25) is 0 Å². The van der Waals surface area contributed by atoms with E-state index < -0.39 is 16.4 Å². The third-order valence-corrected chi connectivity index (χ3v) is 6.00. The van der Waals surface area contributed by atoms with Crippen molar-refractivity contribution in [1.82, 2.24) is 0 Å². The van der Waals surface area contributed by atoms with Gasteiger partial charge in [-0.15, -0.1) is 0 Å². The van der Waals surface area contributed by atoms with Gasteiger partial charge in [0, 0.05) is 11.1 Å². The first-order chi connectivity index (χ1) is 14.5. The highest BCUT2D eigenvalue weighted by atomic mass is 32.2. The number of aliphatic hydroxyl groups excluding tert-OH is 1. The first kappa shape index (κ1) is 19.8. The lowest BCUT2D eigenvalue weighted by Crippen LogP contribution is -2.28. The van der Waals surface area contributed by atoms with Crippen molar-refractivity contribution in [3.05, 3.63) is 97.1 Å². The Morgan fingerprint density at radius 3 is 2.10 bits per heavy atom. The zero-order chi connectivity index (χ0) is 21.0. The number of fused-ring (bicyclic) bond motifs is 1. The summed E-state index contributed by atoms with van der Waals surface area (Å²) in [5.74, 6) is 0. The minimum absolute atomic E-state index is 0.193. The molecular formula is C23H21N3O3S. The topological polar surface area (TPSA) is 90.5 Å². The minimum Gasteiger partial charge on any atom is -0.357 e. The molecule has 4 N–H and O–H groups in total. The third-order valence-electron chi connectivity index (χ3n) is 4.58. The molecule has 7 heteroatoms. The van der Waals surface area contributed by atoms with Gasteiger partial charge < -0.3 is 15.7 Å². The first-order valence-electron chi connectivity index (χ1n) is 9.39. The summed E-state index contributed by atoms with van der Waals surface area (Å²) >= 11 is 0. The van der Waals surface area contributed by atoms with Crippen molar-refractivity contribution < 1.29 is 13.5 Å². The van der Waals surface area contributed by atoms with E-state index in [9.17, 15) is 13.5 Å². The number of sulfonamides is 1. The molecule has 0 heterocycles. The molecule has 4 aromatic carbocycles. The molecule has 4 rings (SSSR count). The van der Waals surface area contributed by atoms with Crippen LogP contribution in [0.1, 0.15) is 0 Å². The van der Waals surface area contributed by atoms with E-state index in [2.05, 4.69) is 15.4 Å². The van der Waals surface area contributed by atoms with Gasteiger partial charge in [-0.25, -0.2) is 8.42 Å². The zero-order valence-corrected chi connectivity index (χ0v) is 16.8. The Hall–Kier alpha value is -3.55. The normalized spacial score (nSPS) is 12.3. The van der Waals surface area contributed by atoms with Gasteiger partial charge >= 0.3 is 0 Å². The number of hydrogen-bond acceptors (Lipinski definition) is 5. The molecule has 0 saturated heterocycles. The third kappa shape index (κ3) is 4.37. The summed E-state index contributed by atoms with van der Waals surface area (Å²) in [4.78, 5) is 0.193. The van der Waals surface area contributed by atoms with Crippen LogP contribution in [0.3, 0.4) is 0 Å². The second kappa shape index (κ2) is 8.44. The van der Waals surface area contributed by atoms with Crippen molar-refractivity contribution in [2.45, 2.75) is 11.2 Å². The van der Waals surface area contributed by atoms with Gasteiger partial charge in [0.1, 0.15) is 0 Å². The highest BCUT2D eigenvalue weighted by Crippen LogP contribution is 2.28. The van der Waals surface area contributed by atoms with Crippen LogP contribution in [0.15, 0.2) is 102 Å². The molecule has 6 nitrogen and oxygen atoms in total. The average Bonchev–Trinajstić information content (AvgIpc) is 2.75. The lowest BCUT2D eigenvalue weighted by molar-refractivity contribution is 0.233. The van der Waals surface area contributed by atoms with Crippen LogP contribution in [0.4, 0.5) is 17.1 Å². The molecular weight excluding hydrogens is 398 g/mol. The maximum Gasteiger partial charge on any atom is 0.262 e. The van der Waals surface area contributed by atoms with Crippen molar-refractivity contribution in [2.24, 2.45) is 0 Å². The molecule has 1 atom stereocenters. The minimum atomic E-state index is -3.85. The largest absolute Gasteiger partial charge is 0.357 e. The van der Waals surface area contributed by atoms with Gasteiger partial charge in [-0.3, -0.25) is 4.72 Å². The molecule has 0 bridgehead atoms. The van der Waals surface area contributed by atoms with Gasteiger partial charge in [0.25, 0.3) is 10.0 Å². The van der Waals surface area contributed by atoms with E-state index in [0.29, 0.717) is 16.8 Å². The van der Waals surface area contributed by atoms with Gasteiger partial charge in [0.15, 0.2) is 0 Å². The number of rotatable bonds is 7. The summed E-state index contributed by atoms with van der Waals surface area (Å²) in [7, 11) is -3.85. The van der Waals surface area contributed by atoms with Crippen molar-refractivity contribution >= 4 is 37.9 Å². The monoisotopic (exact) mass is 419 g/mol. The van der Waals surface area contributed by atoms with Gasteiger partial charge in [-0.2, -0.15) is 0 Å². The van der Waals surface area contributed by atoms with E-state index in [1.807, 2.05) is 54.6 Å². The molecule has 0 spiro atoms. The predicted molar refractivity (Wildman–Crippen MR) is 121 cm³/mol. The van der Waals surface area contributed by atoms with Gasteiger partial charge in [-0.1, -0.05) is 66.7 Å². The Kier molecular flexibility index (Phi) is 5.56. The second-order valence-corrected chi connectivity index (χ2v) is 8.34. The molecule has 0 saturated carbocycles. The number of benzene rings is 4. The molecule has 152 valence electrons. The van der Waals surface area contributed by atoms with E-state index in [0.717, 1.165) is 11.1 Å². The fraction of sp³-hybridized carbons (Fsp3) is 0.0435. The van der Waals surface area contributed by atoms with Crippen LogP contribution < -0.4 is 15.4 Å². The van der Waals surface area contributed by atoms with E-state index >= 15 is 0 Å². The number of nitrogens with one attached hydrogen (secondary N) is 3. The Balaban J connectivity index is 1.59. The number of para-hydroxylation sites is 3. The molecule has 0 fully saturated rings. The van der Waals surface area contributed by atoms with Crippen LogP contribution in [0.25, 0.3) is 10.8 Å². The number of hydrogen-bond donors (Lipinski definition) is 4. The van der Waals surface area contributed by atoms with Crippen LogP contribution in [-0.2, 0) is 10.0 Å². The van der Waals surface area contributed by atoms with Crippen molar-refractivity contribution in [3.63, 3.8) is 0 Å². The lowest BCUT2D eigenvalue weighted by Gasteiger charge is -2.20. The smallest absolute Gasteiger partial charge is 0.262 e. The Labute approximate surface area is 175 Å². The number of anilines is 3. The first-order valence-corrected chi connectivity index (χ1v) is 10.9. The molecule has 0 aliphatic heterocycles. The van der Waals surface area contributed by atoms with Gasteiger partial charge in [0.05, 0.1) is 16.3 Å². The predicted octanol–water partition coefficient (Wildman–Crippen LogP) is 4.44. The molecule has 1 unspecified atom stereocenters. The van der Waals surface area contributed by atoms with Crippen LogP contribution in [-0.4, -0.2) is 19.9 Å². The maximum absolute atomic E-state index is 13.1. The maximum atomic E-state index is 13.1. The van der Waals surface area contributed by atoms with Crippen molar-refractivity contribution in [1.29, 1.82) is 0 Å². The molecule has 0 radical (unpaired) electrons. The fourth-order valence-electron chi connectivity index (χ4n) is 3.20. The molecule has 0 aliphatic rings. The average molecular weight is 420 g/mol. The lowest BCUT2D eigenvalue weighted by atomic mass is 10.1. The molecule has 30 heavy (non-hydrogen) atoms. The second-order valence-electron chi connectivity index (χ2n) is 6.69. The van der Waals surface area contributed by atoms with Gasteiger partial charge in [0.2, 0.25) is 6.35 Å². The van der Waals surface area contributed by atoms with E-state index in [4.69, 9.17) is 0 Å². The number of aliphatic hydroxyl groups is 1. The van der Waals surface area contributed by atoms with Crippen LogP contribution >= 0.6 is 0 Å². The van der Waals surface area contributed by atoms with Gasteiger partial charge in [-0.05, 0) is 35.7 Å². The summed E-state index contributed by atoms with van der Waals surface area (Å²) in [6.07, 6.45) is -1.12. The van der Waals surface area contributed by atoms with Crippen molar-refractivity contribution in [2.75, 3.05) is 15.4 Å². The zero-order valence-electron chi connectivity index (χ0n) is 16.0. The molecule has 0 amide bonds. The fourth-order valence-corrected chi connectivity index (χ4v) is 4.51. The summed E-state index contributed by atoms with van der Waals surface area (Å²) in [6.45, 7) is 0. The van der Waals surface area contributed by atoms with Crippen molar-refractivity contribution in [3.8, 4) is 0 Å². The quantitative estimate of drug-likeness (QED) is 0.333. The summed E-state index contributed by atoms with van der Waals surface area (Å²) in [6, 6.07) is 28.5. The highest BCUT2D eigenvalue weighted by molar-refractivity contribution is 7.93. The van der Waals surface area contributed by atoms with E-state index in [1.165, 1.54) is 0 Å². The SMILES string of the molecule is O=S(=O)(Nc1ccccc1NC(O)Nc1ccccc1)c1cccc2ccccc12. The van der Waals surface area contributed by atoms with Crippen LogP contribution in [0, 0.1) is 0 Å². The standard InChI is InChI=1S/C23H21N3O3S/c27-23(24-18-11-2-1-3-12-18)25-20-14-6-7-15-21(20)26-30(28,29)22-16-8-10-17-9-4-5-13-19(17)22/h1-16,23-27H. The van der Waals surface area contributed by atoms with E-state index in [1.54, 1.807) is 42.5 Å². The summed E-state index contributed by atoms with van der Waals surface area (Å²) in [5, 5.41) is 17.6. The van der Waals surface area contributed by atoms with Crippen LogP contribution in [0.5, 0.6) is 0 Å². The van der Waals surface area contributed by atoms with E-state index in [-0.39, 0.29) is 4.90 Å². The summed E-state index contributed by atoms with van der Waals surface area (Å²) in [5.41, 5.74) is 1.50. The highest BCUT2D eigenvalue weighted by Gasteiger charge is 2.19. The molecule has 4 aromatic rings.